The van der Waals surface area contributed by atoms with Crippen LogP contribution in [0.25, 0.3) is 5.82 Å². The van der Waals surface area contributed by atoms with Crippen molar-refractivity contribution >= 4 is 27.3 Å². The largest absolute Gasteiger partial charge is 0.309 e. The van der Waals surface area contributed by atoms with Gasteiger partial charge in [0.2, 0.25) is 0 Å². The first-order chi connectivity index (χ1) is 9.81. The Morgan fingerprint density at radius 3 is 2.85 bits per heavy atom. The summed E-state index contributed by atoms with van der Waals surface area (Å²) < 4.78 is 2.93. The van der Waals surface area contributed by atoms with Gasteiger partial charge >= 0.3 is 0 Å². The van der Waals surface area contributed by atoms with E-state index in [1.54, 1.807) is 22.2 Å². The molecular weight excluding hydrogens is 336 g/mol. The zero-order valence-corrected chi connectivity index (χ0v) is 13.1. The van der Waals surface area contributed by atoms with Crippen LogP contribution in [0.1, 0.15) is 11.1 Å². The number of nitrogens with one attached hydrogen (secondary N) is 1. The van der Waals surface area contributed by atoms with Crippen molar-refractivity contribution in [1.29, 1.82) is 0 Å². The number of hydrogen-bond donors (Lipinski definition) is 1. The zero-order chi connectivity index (χ0) is 13.8. The Labute approximate surface area is 129 Å². The molecule has 0 bridgehead atoms. The Balaban J connectivity index is 1.62. The number of aromatic nitrogens is 3. The van der Waals surface area contributed by atoms with Crippen molar-refractivity contribution in [3.05, 3.63) is 63.1 Å². The highest BCUT2D eigenvalue weighted by Gasteiger charge is 2.01. The Bertz CT molecular complexity index is 678. The second-order valence-electron chi connectivity index (χ2n) is 4.34. The molecule has 0 spiro atoms. The summed E-state index contributed by atoms with van der Waals surface area (Å²) in [6.45, 7) is 1.67. The van der Waals surface area contributed by atoms with Crippen molar-refractivity contribution in [2.75, 3.05) is 0 Å². The molecule has 0 atom stereocenters. The lowest BCUT2D eigenvalue weighted by Gasteiger charge is -2.06. The van der Waals surface area contributed by atoms with E-state index in [1.165, 1.54) is 14.9 Å². The minimum absolute atomic E-state index is 0.810. The van der Waals surface area contributed by atoms with Crippen LogP contribution in [0, 0.1) is 0 Å². The summed E-state index contributed by atoms with van der Waals surface area (Å²) in [6, 6.07) is 8.09. The van der Waals surface area contributed by atoms with Crippen LogP contribution in [-0.2, 0) is 13.1 Å². The molecule has 3 heterocycles. The van der Waals surface area contributed by atoms with Crippen molar-refractivity contribution < 1.29 is 0 Å². The molecule has 3 rings (SSSR count). The van der Waals surface area contributed by atoms with E-state index in [1.807, 2.05) is 30.6 Å². The SMILES string of the molecule is Brc1cc(CNCc2ccnc(-n3cccn3)c2)cs1. The van der Waals surface area contributed by atoms with Crippen molar-refractivity contribution in [1.82, 2.24) is 20.1 Å². The predicted molar refractivity (Wildman–Crippen MR) is 83.9 cm³/mol. The lowest BCUT2D eigenvalue weighted by molar-refractivity contribution is 0.692. The highest BCUT2D eigenvalue weighted by atomic mass is 79.9. The lowest BCUT2D eigenvalue weighted by Crippen LogP contribution is -2.12. The fourth-order valence-electron chi connectivity index (χ4n) is 1.89. The van der Waals surface area contributed by atoms with Gasteiger partial charge in [-0.2, -0.15) is 5.10 Å². The van der Waals surface area contributed by atoms with Gasteiger partial charge in [-0.15, -0.1) is 11.3 Å². The zero-order valence-electron chi connectivity index (χ0n) is 10.7. The molecule has 0 aliphatic heterocycles. The third kappa shape index (κ3) is 3.33. The molecule has 0 unspecified atom stereocenters. The summed E-state index contributed by atoms with van der Waals surface area (Å²) in [7, 11) is 0. The van der Waals surface area contributed by atoms with Crippen LogP contribution in [0.3, 0.4) is 0 Å². The van der Waals surface area contributed by atoms with Crippen molar-refractivity contribution in [2.45, 2.75) is 13.1 Å². The summed E-state index contributed by atoms with van der Waals surface area (Å²) in [5, 5.41) is 9.77. The number of pyridine rings is 1. The third-order valence-corrected chi connectivity index (χ3v) is 4.38. The van der Waals surface area contributed by atoms with Gasteiger partial charge in [-0.25, -0.2) is 9.67 Å². The molecule has 3 aromatic heterocycles. The van der Waals surface area contributed by atoms with Gasteiger partial charge < -0.3 is 5.32 Å². The number of rotatable bonds is 5. The first-order valence-electron chi connectivity index (χ1n) is 6.20. The minimum atomic E-state index is 0.810. The fourth-order valence-corrected chi connectivity index (χ4v) is 3.10. The molecule has 0 aliphatic rings. The normalized spacial score (nSPS) is 10.8. The minimum Gasteiger partial charge on any atom is -0.309 e. The molecule has 0 radical (unpaired) electrons. The van der Waals surface area contributed by atoms with Crippen LogP contribution in [0.2, 0.25) is 0 Å². The number of thiophene rings is 1. The van der Waals surface area contributed by atoms with Crippen LogP contribution < -0.4 is 5.32 Å². The van der Waals surface area contributed by atoms with Gasteiger partial charge in [-0.05, 0) is 56.7 Å². The van der Waals surface area contributed by atoms with Gasteiger partial charge in [0.25, 0.3) is 0 Å². The monoisotopic (exact) mass is 348 g/mol. The van der Waals surface area contributed by atoms with E-state index in [2.05, 4.69) is 42.8 Å². The molecule has 20 heavy (non-hydrogen) atoms. The van der Waals surface area contributed by atoms with Crippen molar-refractivity contribution in [3.63, 3.8) is 0 Å². The van der Waals surface area contributed by atoms with E-state index >= 15 is 0 Å². The molecule has 0 saturated carbocycles. The van der Waals surface area contributed by atoms with Crippen LogP contribution in [0.4, 0.5) is 0 Å². The second kappa shape index (κ2) is 6.30. The summed E-state index contributed by atoms with van der Waals surface area (Å²) in [5.41, 5.74) is 2.49. The molecule has 6 heteroatoms. The third-order valence-electron chi connectivity index (χ3n) is 2.83. The van der Waals surface area contributed by atoms with Gasteiger partial charge in [0.15, 0.2) is 5.82 Å². The Hall–Kier alpha value is -1.50. The van der Waals surface area contributed by atoms with E-state index in [0.29, 0.717) is 0 Å². The molecule has 3 aromatic rings. The molecule has 0 amide bonds. The molecule has 1 N–H and O–H groups in total. The molecule has 0 saturated heterocycles. The summed E-state index contributed by atoms with van der Waals surface area (Å²) in [6.07, 6.45) is 5.46. The van der Waals surface area contributed by atoms with Crippen LogP contribution in [-0.4, -0.2) is 14.8 Å². The first kappa shape index (κ1) is 13.5. The highest BCUT2D eigenvalue weighted by Crippen LogP contribution is 2.20. The summed E-state index contributed by atoms with van der Waals surface area (Å²) >= 11 is 5.18. The van der Waals surface area contributed by atoms with Gasteiger partial charge in [0, 0.05) is 31.7 Å². The Morgan fingerprint density at radius 2 is 2.10 bits per heavy atom. The van der Waals surface area contributed by atoms with E-state index in [9.17, 15) is 0 Å². The van der Waals surface area contributed by atoms with E-state index in [0.717, 1.165) is 18.9 Å². The maximum absolute atomic E-state index is 4.32. The lowest BCUT2D eigenvalue weighted by atomic mass is 10.2. The molecule has 102 valence electrons. The van der Waals surface area contributed by atoms with Gasteiger partial charge in [0.05, 0.1) is 3.79 Å². The maximum atomic E-state index is 4.32. The smallest absolute Gasteiger partial charge is 0.153 e. The first-order valence-corrected chi connectivity index (χ1v) is 7.87. The predicted octanol–water partition coefficient (Wildman–Crippen LogP) is 3.38. The summed E-state index contributed by atoms with van der Waals surface area (Å²) in [5.74, 6) is 0.840. The Morgan fingerprint density at radius 1 is 1.20 bits per heavy atom. The average molecular weight is 349 g/mol. The molecular formula is C14H13BrN4S. The maximum Gasteiger partial charge on any atom is 0.153 e. The van der Waals surface area contributed by atoms with Crippen molar-refractivity contribution in [3.8, 4) is 5.82 Å². The molecule has 4 nitrogen and oxygen atoms in total. The van der Waals surface area contributed by atoms with E-state index < -0.39 is 0 Å². The fraction of sp³-hybridized carbons (Fsp3) is 0.143. The van der Waals surface area contributed by atoms with Gasteiger partial charge in [-0.1, -0.05) is 0 Å². The number of hydrogen-bond acceptors (Lipinski definition) is 4. The van der Waals surface area contributed by atoms with Crippen LogP contribution in [0.15, 0.2) is 52.0 Å². The highest BCUT2D eigenvalue weighted by molar-refractivity contribution is 9.11. The standard InChI is InChI=1S/C14H13BrN4S/c15-13-6-12(10-20-13)9-16-8-11-2-4-17-14(7-11)19-5-1-3-18-19/h1-7,10,16H,8-9H2. The second-order valence-corrected chi connectivity index (χ2v) is 6.63. The number of halogens is 1. The topological polar surface area (TPSA) is 42.7 Å². The van der Waals surface area contributed by atoms with Crippen LogP contribution in [0.5, 0.6) is 0 Å². The van der Waals surface area contributed by atoms with Gasteiger partial charge in [-0.3, -0.25) is 0 Å². The quantitative estimate of drug-likeness (QED) is 0.768. The Kier molecular flexibility index (Phi) is 4.25. The van der Waals surface area contributed by atoms with E-state index in [4.69, 9.17) is 0 Å². The number of nitrogens with zero attached hydrogens (tertiary/aromatic N) is 3. The van der Waals surface area contributed by atoms with Crippen molar-refractivity contribution in [2.24, 2.45) is 0 Å². The van der Waals surface area contributed by atoms with Crippen LogP contribution >= 0.6 is 27.3 Å². The molecule has 0 aromatic carbocycles. The van der Waals surface area contributed by atoms with E-state index in [-0.39, 0.29) is 0 Å². The summed E-state index contributed by atoms with van der Waals surface area (Å²) in [4.78, 5) is 4.32. The van der Waals surface area contributed by atoms with Gasteiger partial charge in [0.1, 0.15) is 0 Å². The molecule has 0 fully saturated rings. The molecule has 0 aliphatic carbocycles. The average Bonchev–Trinajstić information content (AvgIpc) is 3.11.